The van der Waals surface area contributed by atoms with Gasteiger partial charge >= 0.3 is 0 Å². The summed E-state index contributed by atoms with van der Waals surface area (Å²) in [5, 5.41) is 0. The number of ketones is 1. The second kappa shape index (κ2) is 6.55. The SMILES string of the molecule is CC(=O)CC(=O)N(C)CCc1ccc(Br)cc1. The Hall–Kier alpha value is -1.16. The molecule has 4 heteroatoms. The molecular weight excluding hydrogens is 282 g/mol. The average molecular weight is 298 g/mol. The summed E-state index contributed by atoms with van der Waals surface area (Å²) >= 11 is 3.37. The summed E-state index contributed by atoms with van der Waals surface area (Å²) in [7, 11) is 1.73. The zero-order valence-corrected chi connectivity index (χ0v) is 11.7. The number of rotatable bonds is 5. The highest BCUT2D eigenvalue weighted by atomic mass is 79.9. The lowest BCUT2D eigenvalue weighted by Gasteiger charge is -2.16. The molecule has 1 amide bonds. The van der Waals surface area contributed by atoms with Gasteiger partial charge in [0.25, 0.3) is 0 Å². The Morgan fingerprint density at radius 2 is 1.82 bits per heavy atom. The lowest BCUT2D eigenvalue weighted by atomic mass is 10.1. The van der Waals surface area contributed by atoms with Gasteiger partial charge in [-0.1, -0.05) is 28.1 Å². The average Bonchev–Trinajstić information content (AvgIpc) is 2.27. The largest absolute Gasteiger partial charge is 0.345 e. The zero-order valence-electron chi connectivity index (χ0n) is 10.1. The van der Waals surface area contributed by atoms with Gasteiger partial charge in [-0.05, 0) is 31.0 Å². The fourth-order valence-electron chi connectivity index (χ4n) is 1.42. The summed E-state index contributed by atoms with van der Waals surface area (Å²) in [5.41, 5.74) is 1.18. The van der Waals surface area contributed by atoms with Gasteiger partial charge < -0.3 is 4.90 Å². The van der Waals surface area contributed by atoms with Crippen molar-refractivity contribution in [3.8, 4) is 0 Å². The maximum Gasteiger partial charge on any atom is 0.229 e. The highest BCUT2D eigenvalue weighted by Crippen LogP contribution is 2.11. The third kappa shape index (κ3) is 5.13. The van der Waals surface area contributed by atoms with Gasteiger partial charge in [-0.25, -0.2) is 0 Å². The van der Waals surface area contributed by atoms with E-state index < -0.39 is 0 Å². The Balaban J connectivity index is 2.42. The minimum absolute atomic E-state index is 0.00314. The van der Waals surface area contributed by atoms with Crippen molar-refractivity contribution in [2.45, 2.75) is 19.8 Å². The van der Waals surface area contributed by atoms with Crippen LogP contribution >= 0.6 is 15.9 Å². The monoisotopic (exact) mass is 297 g/mol. The second-order valence-corrected chi connectivity index (χ2v) is 4.99. The smallest absolute Gasteiger partial charge is 0.229 e. The minimum Gasteiger partial charge on any atom is -0.345 e. The standard InChI is InChI=1S/C13H16BrNO2/c1-10(16)9-13(17)15(2)8-7-11-3-5-12(14)6-4-11/h3-6H,7-9H2,1-2H3. The Morgan fingerprint density at radius 3 is 2.35 bits per heavy atom. The number of amides is 1. The lowest BCUT2D eigenvalue weighted by Crippen LogP contribution is -2.29. The van der Waals surface area contributed by atoms with E-state index in [0.29, 0.717) is 6.54 Å². The number of benzene rings is 1. The molecule has 0 bridgehead atoms. The van der Waals surface area contributed by atoms with Crippen molar-refractivity contribution in [3.05, 3.63) is 34.3 Å². The number of carbonyl (C=O) groups excluding carboxylic acids is 2. The van der Waals surface area contributed by atoms with Crippen LogP contribution in [0.2, 0.25) is 0 Å². The van der Waals surface area contributed by atoms with Crippen molar-refractivity contribution in [1.82, 2.24) is 4.90 Å². The first-order valence-corrected chi connectivity index (χ1v) is 6.26. The number of hydrogen-bond acceptors (Lipinski definition) is 2. The van der Waals surface area contributed by atoms with Gasteiger partial charge in [-0.2, -0.15) is 0 Å². The summed E-state index contributed by atoms with van der Waals surface area (Å²) < 4.78 is 1.04. The van der Waals surface area contributed by atoms with E-state index in [1.54, 1.807) is 11.9 Å². The molecule has 1 aromatic carbocycles. The second-order valence-electron chi connectivity index (χ2n) is 4.07. The quantitative estimate of drug-likeness (QED) is 0.783. The number of likely N-dealkylation sites (N-methyl/N-ethyl adjacent to an activating group) is 1. The van der Waals surface area contributed by atoms with Gasteiger partial charge in [0.05, 0.1) is 6.42 Å². The number of Topliss-reactive ketones (excluding diaryl/α,β-unsaturated/α-hetero) is 1. The summed E-state index contributed by atoms with van der Waals surface area (Å²) in [5.74, 6) is -0.208. The number of halogens is 1. The Bertz CT molecular complexity index is 400. The zero-order chi connectivity index (χ0) is 12.8. The van der Waals surface area contributed by atoms with Crippen molar-refractivity contribution in [3.63, 3.8) is 0 Å². The number of nitrogens with zero attached hydrogens (tertiary/aromatic N) is 1. The van der Waals surface area contributed by atoms with Gasteiger partial charge in [0.2, 0.25) is 5.91 Å². The molecule has 0 aliphatic carbocycles. The molecule has 0 saturated carbocycles. The van der Waals surface area contributed by atoms with Crippen molar-refractivity contribution in [2.75, 3.05) is 13.6 Å². The Kier molecular flexibility index (Phi) is 5.35. The van der Waals surface area contributed by atoms with Crippen LogP contribution in [-0.2, 0) is 16.0 Å². The first kappa shape index (κ1) is 13.9. The summed E-state index contributed by atoms with van der Waals surface area (Å²) in [6.07, 6.45) is 0.796. The van der Waals surface area contributed by atoms with E-state index in [4.69, 9.17) is 0 Å². The predicted molar refractivity (Wildman–Crippen MR) is 70.8 cm³/mol. The van der Waals surface area contributed by atoms with Crippen LogP contribution in [0.3, 0.4) is 0 Å². The molecule has 0 aliphatic rings. The highest BCUT2D eigenvalue weighted by Gasteiger charge is 2.10. The summed E-state index contributed by atoms with van der Waals surface area (Å²) in [6.45, 7) is 2.06. The Morgan fingerprint density at radius 1 is 1.24 bits per heavy atom. The molecule has 0 unspecified atom stereocenters. The van der Waals surface area contributed by atoms with Crippen LogP contribution in [0, 0.1) is 0 Å². The number of carbonyl (C=O) groups is 2. The molecule has 0 saturated heterocycles. The molecule has 1 rings (SSSR count). The fraction of sp³-hybridized carbons (Fsp3) is 0.385. The topological polar surface area (TPSA) is 37.4 Å². The van der Waals surface area contributed by atoms with E-state index in [1.165, 1.54) is 12.5 Å². The molecule has 0 spiro atoms. The van der Waals surface area contributed by atoms with Crippen molar-refractivity contribution < 1.29 is 9.59 Å². The normalized spacial score (nSPS) is 10.1. The van der Waals surface area contributed by atoms with Crippen LogP contribution in [0.15, 0.2) is 28.7 Å². The minimum atomic E-state index is -0.116. The molecule has 0 aliphatic heterocycles. The summed E-state index contributed by atoms with van der Waals surface area (Å²) in [6, 6.07) is 8.00. The van der Waals surface area contributed by atoms with Gasteiger partial charge in [0, 0.05) is 18.1 Å². The third-order valence-electron chi connectivity index (χ3n) is 2.48. The van der Waals surface area contributed by atoms with Crippen molar-refractivity contribution in [2.24, 2.45) is 0 Å². The number of hydrogen-bond donors (Lipinski definition) is 0. The van der Waals surface area contributed by atoms with Crippen LogP contribution < -0.4 is 0 Å². The lowest BCUT2D eigenvalue weighted by molar-refractivity contribution is -0.133. The van der Waals surface area contributed by atoms with Gasteiger partial charge in [0.15, 0.2) is 0 Å². The molecule has 1 aromatic rings. The first-order chi connectivity index (χ1) is 7.99. The predicted octanol–water partition coefficient (Wildman–Crippen LogP) is 2.43. The third-order valence-corrected chi connectivity index (χ3v) is 3.00. The maximum atomic E-state index is 11.5. The van der Waals surface area contributed by atoms with Crippen LogP contribution in [0.4, 0.5) is 0 Å². The van der Waals surface area contributed by atoms with Gasteiger partial charge in [0.1, 0.15) is 5.78 Å². The van der Waals surface area contributed by atoms with Crippen LogP contribution in [0.1, 0.15) is 18.9 Å². The first-order valence-electron chi connectivity index (χ1n) is 5.47. The fourth-order valence-corrected chi connectivity index (χ4v) is 1.68. The molecule has 0 radical (unpaired) electrons. The van der Waals surface area contributed by atoms with Crippen LogP contribution in [0.25, 0.3) is 0 Å². The molecule has 0 fully saturated rings. The molecule has 3 nitrogen and oxygen atoms in total. The molecule has 0 N–H and O–H groups in total. The van der Waals surface area contributed by atoms with E-state index in [-0.39, 0.29) is 18.1 Å². The van der Waals surface area contributed by atoms with Crippen molar-refractivity contribution in [1.29, 1.82) is 0 Å². The molecular formula is C13H16BrNO2. The molecule has 0 aromatic heterocycles. The molecule has 17 heavy (non-hydrogen) atoms. The van der Waals surface area contributed by atoms with Gasteiger partial charge in [-0.15, -0.1) is 0 Å². The molecule has 0 atom stereocenters. The van der Waals surface area contributed by atoms with E-state index in [9.17, 15) is 9.59 Å². The van der Waals surface area contributed by atoms with E-state index >= 15 is 0 Å². The Labute approximate surface area is 110 Å². The highest BCUT2D eigenvalue weighted by molar-refractivity contribution is 9.10. The van der Waals surface area contributed by atoms with Crippen LogP contribution in [-0.4, -0.2) is 30.2 Å². The van der Waals surface area contributed by atoms with E-state index in [2.05, 4.69) is 15.9 Å². The van der Waals surface area contributed by atoms with Crippen LogP contribution in [0.5, 0.6) is 0 Å². The van der Waals surface area contributed by atoms with Crippen molar-refractivity contribution >= 4 is 27.6 Å². The van der Waals surface area contributed by atoms with E-state index in [1.807, 2.05) is 24.3 Å². The molecule has 0 heterocycles. The summed E-state index contributed by atoms with van der Waals surface area (Å²) in [4.78, 5) is 23.9. The van der Waals surface area contributed by atoms with Gasteiger partial charge in [-0.3, -0.25) is 9.59 Å². The maximum absolute atomic E-state index is 11.5. The van der Waals surface area contributed by atoms with E-state index in [0.717, 1.165) is 10.9 Å². The molecule has 92 valence electrons.